The van der Waals surface area contributed by atoms with E-state index in [9.17, 15) is 0 Å². The lowest BCUT2D eigenvalue weighted by Crippen LogP contribution is -2.34. The van der Waals surface area contributed by atoms with Gasteiger partial charge in [0.2, 0.25) is 5.88 Å². The van der Waals surface area contributed by atoms with Gasteiger partial charge in [-0.3, -0.25) is 0 Å². The van der Waals surface area contributed by atoms with Gasteiger partial charge in [-0.1, -0.05) is 33.1 Å². The third kappa shape index (κ3) is 6.19. The number of nitrogen functional groups attached to an aromatic ring is 1. The number of ether oxygens (including phenoxy) is 1. The lowest BCUT2D eigenvalue weighted by Gasteiger charge is -2.24. The van der Waals surface area contributed by atoms with Gasteiger partial charge in [0.05, 0.1) is 0 Å². The Kier molecular flexibility index (Phi) is 8.16. The maximum absolute atomic E-state index is 5.98. The molecule has 0 atom stereocenters. The fourth-order valence-corrected chi connectivity index (χ4v) is 3.40. The predicted molar refractivity (Wildman–Crippen MR) is 102 cm³/mol. The maximum Gasteiger partial charge on any atom is 0.217 e. The van der Waals surface area contributed by atoms with Gasteiger partial charge in [0.25, 0.3) is 0 Å². The van der Waals surface area contributed by atoms with E-state index in [1.54, 1.807) is 0 Å². The van der Waals surface area contributed by atoms with E-state index >= 15 is 0 Å². The zero-order chi connectivity index (χ0) is 17.2. The first kappa shape index (κ1) is 18.8. The van der Waals surface area contributed by atoms with E-state index in [4.69, 9.17) is 10.5 Å². The van der Waals surface area contributed by atoms with Crippen LogP contribution in [0.5, 0.6) is 5.88 Å². The molecule has 0 aliphatic heterocycles. The van der Waals surface area contributed by atoms with Crippen LogP contribution in [-0.4, -0.2) is 37.3 Å². The number of aromatic nitrogens is 1. The molecule has 136 valence electrons. The van der Waals surface area contributed by atoms with Crippen molar-refractivity contribution in [1.29, 1.82) is 0 Å². The minimum absolute atomic E-state index is 0.528. The summed E-state index contributed by atoms with van der Waals surface area (Å²) in [4.78, 5) is 6.67. The van der Waals surface area contributed by atoms with Gasteiger partial charge < -0.3 is 20.7 Å². The molecule has 0 bridgehead atoms. The number of hydrogen-bond donors (Lipinski definition) is 2. The Balaban J connectivity index is 1.85. The molecule has 1 fully saturated rings. The molecule has 1 saturated carbocycles. The molecule has 0 spiro atoms. The Hall–Kier alpha value is -1.49. The number of nitrogens with zero attached hydrogens (tertiary/aromatic N) is 2. The highest BCUT2D eigenvalue weighted by Gasteiger charge is 2.12. The van der Waals surface area contributed by atoms with Crippen LogP contribution in [0.15, 0.2) is 12.1 Å². The van der Waals surface area contributed by atoms with Gasteiger partial charge >= 0.3 is 0 Å². The molecular weight excluding hydrogens is 300 g/mol. The second-order valence-electron chi connectivity index (χ2n) is 6.71. The van der Waals surface area contributed by atoms with Gasteiger partial charge in [-0.2, -0.15) is 4.98 Å². The number of pyridine rings is 1. The lowest BCUT2D eigenvalue weighted by atomic mass is 9.96. The van der Waals surface area contributed by atoms with Crippen LogP contribution in [0.1, 0.15) is 58.8 Å². The van der Waals surface area contributed by atoms with E-state index in [1.165, 1.54) is 32.1 Å². The van der Waals surface area contributed by atoms with Crippen molar-refractivity contribution in [2.45, 2.75) is 64.8 Å². The van der Waals surface area contributed by atoms with E-state index < -0.39 is 0 Å². The van der Waals surface area contributed by atoms with E-state index in [1.807, 2.05) is 12.1 Å². The summed E-state index contributed by atoms with van der Waals surface area (Å²) in [6.07, 6.45) is 8.91. The monoisotopic (exact) mass is 334 g/mol. The number of anilines is 2. The fourth-order valence-electron chi connectivity index (χ4n) is 3.40. The van der Waals surface area contributed by atoms with E-state index in [-0.39, 0.29) is 0 Å². The largest absolute Gasteiger partial charge is 0.476 e. The normalized spacial score (nSPS) is 15.4. The number of rotatable bonds is 10. The summed E-state index contributed by atoms with van der Waals surface area (Å²) in [5.74, 6) is 1.16. The Morgan fingerprint density at radius 1 is 1.17 bits per heavy atom. The van der Waals surface area contributed by atoms with Crippen LogP contribution in [0, 0.1) is 0 Å². The zero-order valence-corrected chi connectivity index (χ0v) is 15.4. The molecule has 5 heteroatoms. The number of nitrogens with two attached hydrogens (primary N) is 1. The molecule has 1 aromatic rings. The first-order chi connectivity index (χ1) is 11.7. The molecule has 1 aliphatic carbocycles. The summed E-state index contributed by atoms with van der Waals surface area (Å²) in [6, 6.07) is 4.62. The summed E-state index contributed by atoms with van der Waals surface area (Å²) in [5.41, 5.74) is 7.09. The van der Waals surface area contributed by atoms with Gasteiger partial charge in [-0.25, -0.2) is 0 Å². The minimum Gasteiger partial charge on any atom is -0.476 e. The molecule has 2 rings (SSSR count). The molecular formula is C19H34N4O. The standard InChI is InChI=1S/C19H34N4O/c1-3-11-23(12-4-2)17-14-18(20)22-19(15-17)24-13-10-21-16-8-6-5-7-9-16/h14-16,21H,3-13H2,1-2H3,(H2,20,22). The van der Waals surface area contributed by atoms with Crippen LogP contribution in [0.4, 0.5) is 11.5 Å². The van der Waals surface area contributed by atoms with Crippen LogP contribution >= 0.6 is 0 Å². The first-order valence-corrected chi connectivity index (χ1v) is 9.61. The number of hydrogen-bond acceptors (Lipinski definition) is 5. The summed E-state index contributed by atoms with van der Waals surface area (Å²) in [5, 5.41) is 3.59. The van der Waals surface area contributed by atoms with Crippen LogP contribution in [-0.2, 0) is 0 Å². The zero-order valence-electron chi connectivity index (χ0n) is 15.4. The van der Waals surface area contributed by atoms with Crippen LogP contribution in [0.25, 0.3) is 0 Å². The molecule has 0 radical (unpaired) electrons. The average Bonchev–Trinajstić information content (AvgIpc) is 2.59. The van der Waals surface area contributed by atoms with Crippen molar-refractivity contribution >= 4 is 11.5 Å². The molecule has 3 N–H and O–H groups in total. The summed E-state index contributed by atoms with van der Waals surface area (Å²) in [6.45, 7) is 7.95. The molecule has 0 saturated heterocycles. The highest BCUT2D eigenvalue weighted by atomic mass is 16.5. The third-order valence-electron chi connectivity index (χ3n) is 4.55. The fraction of sp³-hybridized carbons (Fsp3) is 0.737. The highest BCUT2D eigenvalue weighted by Crippen LogP contribution is 2.23. The van der Waals surface area contributed by atoms with Crippen LogP contribution < -0.4 is 20.7 Å². The van der Waals surface area contributed by atoms with Gasteiger partial charge in [0.15, 0.2) is 0 Å². The summed E-state index contributed by atoms with van der Waals surface area (Å²) in [7, 11) is 0. The molecule has 0 amide bonds. The second kappa shape index (κ2) is 10.4. The Morgan fingerprint density at radius 2 is 1.88 bits per heavy atom. The van der Waals surface area contributed by atoms with Crippen molar-refractivity contribution < 1.29 is 4.74 Å². The first-order valence-electron chi connectivity index (χ1n) is 9.61. The Morgan fingerprint density at radius 3 is 2.54 bits per heavy atom. The van der Waals surface area contributed by atoms with Crippen molar-refractivity contribution in [3.8, 4) is 5.88 Å². The summed E-state index contributed by atoms with van der Waals surface area (Å²) < 4.78 is 5.84. The van der Waals surface area contributed by atoms with Crippen molar-refractivity contribution in [3.63, 3.8) is 0 Å². The molecule has 1 heterocycles. The van der Waals surface area contributed by atoms with Crippen molar-refractivity contribution in [2.24, 2.45) is 0 Å². The van der Waals surface area contributed by atoms with E-state index in [2.05, 4.69) is 29.0 Å². The van der Waals surface area contributed by atoms with Gasteiger partial charge in [-0.05, 0) is 25.7 Å². The second-order valence-corrected chi connectivity index (χ2v) is 6.71. The third-order valence-corrected chi connectivity index (χ3v) is 4.55. The topological polar surface area (TPSA) is 63.4 Å². The Bertz CT molecular complexity index is 468. The lowest BCUT2D eigenvalue weighted by molar-refractivity contribution is 0.281. The van der Waals surface area contributed by atoms with Crippen molar-refractivity contribution in [3.05, 3.63) is 12.1 Å². The molecule has 0 aromatic carbocycles. The minimum atomic E-state index is 0.528. The molecule has 5 nitrogen and oxygen atoms in total. The van der Waals surface area contributed by atoms with Gasteiger partial charge in [0, 0.05) is 43.5 Å². The van der Waals surface area contributed by atoms with Gasteiger partial charge in [0.1, 0.15) is 12.4 Å². The van der Waals surface area contributed by atoms with Crippen molar-refractivity contribution in [2.75, 3.05) is 36.9 Å². The molecule has 0 unspecified atom stereocenters. The van der Waals surface area contributed by atoms with Crippen LogP contribution in [0.3, 0.4) is 0 Å². The SMILES string of the molecule is CCCN(CCC)c1cc(N)nc(OCCNC2CCCCC2)c1. The molecule has 1 aromatic heterocycles. The van der Waals surface area contributed by atoms with Crippen LogP contribution in [0.2, 0.25) is 0 Å². The Labute approximate surface area is 147 Å². The highest BCUT2D eigenvalue weighted by molar-refractivity contribution is 5.55. The quantitative estimate of drug-likeness (QED) is 0.640. The summed E-state index contributed by atoms with van der Waals surface area (Å²) >= 11 is 0. The van der Waals surface area contributed by atoms with E-state index in [0.29, 0.717) is 24.3 Å². The van der Waals surface area contributed by atoms with Gasteiger partial charge in [-0.15, -0.1) is 0 Å². The smallest absolute Gasteiger partial charge is 0.217 e. The molecule has 24 heavy (non-hydrogen) atoms. The molecule has 1 aliphatic rings. The average molecular weight is 335 g/mol. The van der Waals surface area contributed by atoms with Crippen molar-refractivity contribution in [1.82, 2.24) is 10.3 Å². The predicted octanol–water partition coefficient (Wildman–Crippen LogP) is 3.59. The van der Waals surface area contributed by atoms with E-state index in [0.717, 1.165) is 38.2 Å². The number of nitrogens with one attached hydrogen (secondary N) is 1. The maximum atomic E-state index is 5.98.